The van der Waals surface area contributed by atoms with Crippen LogP contribution in [-0.2, 0) is 0 Å². The molecule has 0 aromatic rings. The molecule has 0 fully saturated rings. The summed E-state index contributed by atoms with van der Waals surface area (Å²) >= 11 is 0. The van der Waals surface area contributed by atoms with Gasteiger partial charge in [-0.2, -0.15) is 0 Å². The Morgan fingerprint density at radius 3 is 2.00 bits per heavy atom. The maximum Gasteiger partial charge on any atom is 0.161 e. The molecule has 0 saturated carbocycles. The van der Waals surface area contributed by atoms with Crippen molar-refractivity contribution in [2.75, 3.05) is 0 Å². The first kappa shape index (κ1) is 4.39. The third kappa shape index (κ3) is 3.39. The number of hydrogen-bond donors (Lipinski definition) is 0. The quantitative estimate of drug-likeness (QED) is 0.322. The van der Waals surface area contributed by atoms with Crippen molar-refractivity contribution in [3.05, 3.63) is 24.8 Å². The van der Waals surface area contributed by atoms with E-state index in [-0.39, 0.29) is 0 Å². The van der Waals surface area contributed by atoms with Crippen LogP contribution in [0.2, 0.25) is 0 Å². The predicted octanol–water partition coefficient (Wildman–Crippen LogP) is 1.55. The fourth-order valence-corrected chi connectivity index (χ4v) is 0. The Kier molecular flexibility index (Phi) is 1.48. The van der Waals surface area contributed by atoms with Crippen molar-refractivity contribution >= 4 is 0 Å². The van der Waals surface area contributed by atoms with Crippen molar-refractivity contribution in [3.8, 4) is 0 Å². The van der Waals surface area contributed by atoms with Gasteiger partial charge in [-0.15, -0.1) is 0 Å². The number of allylic oxidation sites excluding steroid dienone is 2. The van der Waals surface area contributed by atoms with E-state index in [4.69, 9.17) is 0 Å². The minimum Gasteiger partial charge on any atom is 0.00773 e. The largest absolute Gasteiger partial charge is 0.161 e. The molecule has 0 N–H and O–H groups in total. The highest BCUT2D eigenvalue weighted by atomic mass is 13.7. The minimum absolute atomic E-state index is 0.894. The van der Waals surface area contributed by atoms with Crippen molar-refractivity contribution in [2.24, 2.45) is 0 Å². The molecule has 0 atom stereocenters. The highest BCUT2D eigenvalue weighted by molar-refractivity contribution is 4.98. The highest BCUT2D eigenvalue weighted by Gasteiger charge is 1.76. The Morgan fingerprint density at radius 2 is 2.00 bits per heavy atom. The monoisotopic (exact) mass is 67.1 g/mol. The van der Waals surface area contributed by atoms with Crippen LogP contribution in [0.15, 0.2) is 18.7 Å². The first-order chi connectivity index (χ1) is 2.27. The van der Waals surface area contributed by atoms with E-state index in [1.165, 1.54) is 0 Å². The molecule has 0 bridgehead atoms. The second-order valence-corrected chi connectivity index (χ2v) is 0.957. The molecule has 0 unspecified atom stereocenters. The topological polar surface area (TPSA) is 0 Å². The molecule has 0 aromatic carbocycles. The van der Waals surface area contributed by atoms with Gasteiger partial charge in [-0.1, -0.05) is 0 Å². The summed E-state index contributed by atoms with van der Waals surface area (Å²) in [6.07, 6.45) is 2.58. The second-order valence-electron chi connectivity index (χ2n) is 0.957. The van der Waals surface area contributed by atoms with E-state index in [0.717, 1.165) is 5.57 Å². The lowest BCUT2D eigenvalue weighted by molar-refractivity contribution is 1.54. The van der Waals surface area contributed by atoms with E-state index in [1.54, 1.807) is 0 Å². The van der Waals surface area contributed by atoms with Crippen molar-refractivity contribution in [2.45, 2.75) is 6.92 Å². The summed E-state index contributed by atoms with van der Waals surface area (Å²) in [4.78, 5) is 0. The molecule has 0 rings (SSSR count). The first-order valence-electron chi connectivity index (χ1n) is 1.46. The van der Waals surface area contributed by atoms with Crippen LogP contribution in [0.25, 0.3) is 0 Å². The minimum atomic E-state index is 0.894. The Hall–Kier alpha value is -0.610. The van der Waals surface area contributed by atoms with Gasteiger partial charge in [0, 0.05) is 20.1 Å². The van der Waals surface area contributed by atoms with Crippen LogP contribution >= 0.6 is 0 Å². The van der Waals surface area contributed by atoms with Crippen LogP contribution in [0, 0.1) is 6.08 Å². The molecule has 0 nitrogen and oxygen atoms in total. The second kappa shape index (κ2) is 1.68. The summed E-state index contributed by atoms with van der Waals surface area (Å²) in [5, 5.41) is 0. The van der Waals surface area contributed by atoms with Crippen molar-refractivity contribution in [1.82, 2.24) is 0 Å². The lowest BCUT2D eigenvalue weighted by atomic mass is 10.4. The van der Waals surface area contributed by atoms with E-state index in [0.29, 0.717) is 0 Å². The molecule has 5 heavy (non-hydrogen) atoms. The van der Waals surface area contributed by atoms with Crippen LogP contribution < -0.4 is 0 Å². The van der Waals surface area contributed by atoms with E-state index in [9.17, 15) is 0 Å². The van der Waals surface area contributed by atoms with Gasteiger partial charge in [0.1, 0.15) is 0 Å². The third-order valence-electron chi connectivity index (χ3n) is 0.302. The zero-order valence-corrected chi connectivity index (χ0v) is 3.41. The summed E-state index contributed by atoms with van der Waals surface area (Å²) in [6, 6.07) is 0. The summed E-state index contributed by atoms with van der Waals surface area (Å²) in [6.45, 7) is 8.69. The van der Waals surface area contributed by atoms with Gasteiger partial charge in [0.25, 0.3) is 0 Å². The molecule has 26 valence electrons. The Labute approximate surface area is 32.8 Å². The van der Waals surface area contributed by atoms with Crippen molar-refractivity contribution in [1.29, 1.82) is 0 Å². The van der Waals surface area contributed by atoms with Gasteiger partial charge in [0.15, 0.2) is 5.57 Å². The van der Waals surface area contributed by atoms with Crippen LogP contribution in [0.5, 0.6) is 0 Å². The molecule has 0 saturated heterocycles. The van der Waals surface area contributed by atoms with Gasteiger partial charge in [0.05, 0.1) is 6.08 Å². The van der Waals surface area contributed by atoms with Gasteiger partial charge in [-0.25, -0.2) is 0 Å². The van der Waals surface area contributed by atoms with Gasteiger partial charge in [0.2, 0.25) is 0 Å². The van der Waals surface area contributed by atoms with Gasteiger partial charge >= 0.3 is 0 Å². The van der Waals surface area contributed by atoms with E-state index in [2.05, 4.69) is 19.2 Å². The summed E-state index contributed by atoms with van der Waals surface area (Å²) in [5.41, 5.74) is 0.894. The molecule has 0 aliphatic carbocycles. The fraction of sp³-hybridized carbons (Fsp3) is 0.200. The molecule has 0 aliphatic rings. The molecule has 0 heteroatoms. The predicted molar refractivity (Wildman–Crippen MR) is 23.7 cm³/mol. The number of hydrogen-bond acceptors (Lipinski definition) is 0. The van der Waals surface area contributed by atoms with Crippen LogP contribution in [0.1, 0.15) is 6.92 Å². The summed E-state index contributed by atoms with van der Waals surface area (Å²) in [7, 11) is 0. The Morgan fingerprint density at radius 1 is 1.80 bits per heavy atom. The summed E-state index contributed by atoms with van der Waals surface area (Å²) < 4.78 is 0. The van der Waals surface area contributed by atoms with Gasteiger partial charge in [-0.05, 0) is 0 Å². The van der Waals surface area contributed by atoms with E-state index >= 15 is 0 Å². The first-order valence-corrected chi connectivity index (χ1v) is 1.46. The standard InChI is InChI=1S/C5H7/c1-4-5(2)3/h1-2H2,3H3/q+1. The SMILES string of the molecule is C=[C+]C(=C)C. The van der Waals surface area contributed by atoms with Gasteiger partial charge < -0.3 is 0 Å². The molecule has 0 heterocycles. The average molecular weight is 67.1 g/mol. The lowest BCUT2D eigenvalue weighted by Gasteiger charge is -1.55. The molecule has 0 spiro atoms. The smallest absolute Gasteiger partial charge is 0.00773 e. The zero-order chi connectivity index (χ0) is 4.28. The van der Waals surface area contributed by atoms with Crippen molar-refractivity contribution in [3.63, 3.8) is 0 Å². The summed E-state index contributed by atoms with van der Waals surface area (Å²) in [5.74, 6) is 0. The fourth-order valence-electron chi connectivity index (χ4n) is 0. The normalized spacial score (nSPS) is 5.80. The zero-order valence-electron chi connectivity index (χ0n) is 3.41. The maximum absolute atomic E-state index is 3.50. The molecular weight excluding hydrogens is 60.1 g/mol. The van der Waals surface area contributed by atoms with Gasteiger partial charge in [-0.3, -0.25) is 0 Å². The maximum atomic E-state index is 3.50. The van der Waals surface area contributed by atoms with E-state index < -0.39 is 0 Å². The molecule has 0 amide bonds. The molecular formula is C5H7+. The van der Waals surface area contributed by atoms with Crippen LogP contribution in [-0.4, -0.2) is 0 Å². The van der Waals surface area contributed by atoms with Crippen LogP contribution in [0.3, 0.4) is 0 Å². The number of rotatable bonds is 1. The Bertz CT molecular complexity index is 51.1. The van der Waals surface area contributed by atoms with E-state index in [1.807, 2.05) is 6.92 Å². The third-order valence-corrected chi connectivity index (χ3v) is 0.302. The molecule has 0 aliphatic heterocycles. The van der Waals surface area contributed by atoms with Crippen LogP contribution in [0.4, 0.5) is 0 Å². The lowest BCUT2D eigenvalue weighted by Crippen LogP contribution is -1.52. The molecule has 0 radical (unpaired) electrons. The average Bonchev–Trinajstić information content (AvgIpc) is 1.38. The Balaban J connectivity index is 3.20. The van der Waals surface area contributed by atoms with Crippen molar-refractivity contribution < 1.29 is 0 Å². The highest BCUT2D eigenvalue weighted by Crippen LogP contribution is 1.79. The molecule has 0 aromatic heterocycles.